The van der Waals surface area contributed by atoms with Crippen molar-refractivity contribution in [3.8, 4) is 0 Å². The van der Waals surface area contributed by atoms with Crippen molar-refractivity contribution in [1.29, 1.82) is 0 Å². The molecule has 63 valence electrons. The number of nitrogens with one attached hydrogen (secondary N) is 1. The van der Waals surface area contributed by atoms with Gasteiger partial charge in [-0.2, -0.15) is 8.42 Å². The predicted molar refractivity (Wildman–Crippen MR) is 35.8 cm³/mol. The van der Waals surface area contributed by atoms with E-state index in [-0.39, 0.29) is 0 Å². The highest BCUT2D eigenvalue weighted by molar-refractivity contribution is 7.89. The van der Waals surface area contributed by atoms with Crippen molar-refractivity contribution in [2.45, 2.75) is 5.16 Å². The third kappa shape index (κ3) is 1.72. The lowest BCUT2D eigenvalue weighted by Crippen LogP contribution is -2.23. The molecule has 1 heterocycles. The number of hydrogen-bond acceptors (Lipinski definition) is 6. The average Bonchev–Trinajstić information content (AvgIpc) is 2.06. The zero-order valence-electron chi connectivity index (χ0n) is 5.63. The van der Waals surface area contributed by atoms with Gasteiger partial charge >= 0.3 is 6.41 Å². The first kappa shape index (κ1) is 8.53. The first-order valence-corrected chi connectivity index (χ1v) is 4.16. The fourth-order valence-electron chi connectivity index (χ4n) is 0.468. The quantitative estimate of drug-likeness (QED) is 0.561. The molecule has 0 spiro atoms. The highest BCUT2D eigenvalue weighted by Crippen LogP contribution is 1.94. The lowest BCUT2D eigenvalue weighted by Gasteiger charge is -1.96. The molecule has 1 rings (SSSR count). The van der Waals surface area contributed by atoms with Crippen molar-refractivity contribution < 1.29 is 13.2 Å². The summed E-state index contributed by atoms with van der Waals surface area (Å²) in [6, 6.07) is 0. The minimum absolute atomic E-state index is 0.513. The van der Waals surface area contributed by atoms with Crippen LogP contribution in [-0.2, 0) is 14.8 Å². The third-order valence-corrected chi connectivity index (χ3v) is 1.93. The predicted octanol–water partition coefficient (Wildman–Crippen LogP) is -1.78. The summed E-state index contributed by atoms with van der Waals surface area (Å²) >= 11 is 0. The van der Waals surface area contributed by atoms with Crippen LogP contribution in [0.5, 0.6) is 0 Å². The first-order chi connectivity index (χ1) is 5.67. The largest absolute Gasteiger partial charge is 0.324 e. The van der Waals surface area contributed by atoms with Gasteiger partial charge in [0.05, 0.1) is 0 Å². The van der Waals surface area contributed by atoms with Crippen LogP contribution >= 0.6 is 0 Å². The summed E-state index contributed by atoms with van der Waals surface area (Å²) < 4.78 is 23.3. The smallest absolute Gasteiger partial charge is 0.262 e. The molecule has 0 saturated carbocycles. The van der Waals surface area contributed by atoms with Crippen LogP contribution in [-0.4, -0.2) is 29.8 Å². The Bertz CT molecular complexity index is 361. The second-order valence-electron chi connectivity index (χ2n) is 1.63. The van der Waals surface area contributed by atoms with Gasteiger partial charge in [-0.3, -0.25) is 4.79 Å². The highest BCUT2D eigenvalue weighted by Gasteiger charge is 2.15. The summed E-state index contributed by atoms with van der Waals surface area (Å²) in [4.78, 5) is 19.7. The normalized spacial score (nSPS) is 10.7. The van der Waals surface area contributed by atoms with Gasteiger partial charge in [0.2, 0.25) is 0 Å². The molecule has 0 aliphatic rings. The van der Waals surface area contributed by atoms with E-state index in [9.17, 15) is 13.2 Å². The molecule has 1 N–H and O–H groups in total. The van der Waals surface area contributed by atoms with E-state index in [2.05, 4.69) is 15.0 Å². The number of hydrogen-bond donors (Lipinski definition) is 1. The molecule has 1 radical (unpaired) electrons. The molecule has 12 heavy (non-hydrogen) atoms. The van der Waals surface area contributed by atoms with Gasteiger partial charge in [0, 0.05) is 0 Å². The van der Waals surface area contributed by atoms with E-state index in [0.717, 1.165) is 19.1 Å². The van der Waals surface area contributed by atoms with E-state index in [1.807, 2.05) is 0 Å². The van der Waals surface area contributed by atoms with Gasteiger partial charge in [-0.15, -0.1) is 0 Å². The van der Waals surface area contributed by atoms with Crippen LogP contribution in [0.25, 0.3) is 0 Å². The topological polar surface area (TPSA) is 102 Å². The summed E-state index contributed by atoms with van der Waals surface area (Å²) in [6.07, 6.45) is 3.03. The van der Waals surface area contributed by atoms with Gasteiger partial charge in [0.15, 0.2) is 0 Å². The van der Waals surface area contributed by atoms with Crippen molar-refractivity contribution in [3.63, 3.8) is 0 Å². The van der Waals surface area contributed by atoms with E-state index < -0.39 is 15.2 Å². The van der Waals surface area contributed by atoms with E-state index in [1.165, 1.54) is 4.72 Å². The van der Waals surface area contributed by atoms with Crippen LogP contribution < -0.4 is 4.72 Å². The standard InChI is InChI=1S/C4H3N4O3S/c9-3-8-12(10,11)4-6-1-5-2-7-4/h1-2H,(H,8,9). The number of rotatable bonds is 3. The number of aromatic nitrogens is 3. The Morgan fingerprint density at radius 2 is 1.92 bits per heavy atom. The van der Waals surface area contributed by atoms with Crippen LogP contribution in [0.1, 0.15) is 0 Å². The second-order valence-corrected chi connectivity index (χ2v) is 3.20. The highest BCUT2D eigenvalue weighted by atomic mass is 32.2. The molecule has 0 bridgehead atoms. The Balaban J connectivity index is 3.07. The maximum atomic E-state index is 10.9. The van der Waals surface area contributed by atoms with Crippen molar-refractivity contribution in [3.05, 3.63) is 12.7 Å². The summed E-state index contributed by atoms with van der Waals surface area (Å²) in [7, 11) is -3.95. The molecule has 0 aliphatic heterocycles. The van der Waals surface area contributed by atoms with Crippen LogP contribution in [0.2, 0.25) is 0 Å². The monoisotopic (exact) mass is 187 g/mol. The van der Waals surface area contributed by atoms with E-state index in [0.29, 0.717) is 0 Å². The van der Waals surface area contributed by atoms with Crippen LogP contribution in [0.3, 0.4) is 0 Å². The second kappa shape index (κ2) is 3.22. The molecule has 0 aromatic carbocycles. The third-order valence-electron chi connectivity index (χ3n) is 0.886. The SMILES string of the molecule is O=[C]NS(=O)(=O)c1ncncn1. The zero-order valence-corrected chi connectivity index (χ0v) is 6.45. The molecule has 0 aliphatic carbocycles. The lowest BCUT2D eigenvalue weighted by atomic mass is 11.1. The maximum absolute atomic E-state index is 10.9. The molecule has 1 amide bonds. The van der Waals surface area contributed by atoms with Gasteiger partial charge in [0.25, 0.3) is 15.2 Å². The first-order valence-electron chi connectivity index (χ1n) is 2.68. The molecule has 0 atom stereocenters. The Labute approximate surface area is 67.9 Å². The van der Waals surface area contributed by atoms with Crippen molar-refractivity contribution in [2.75, 3.05) is 0 Å². The van der Waals surface area contributed by atoms with Gasteiger partial charge in [-0.25, -0.2) is 19.7 Å². The molecule has 7 nitrogen and oxygen atoms in total. The van der Waals surface area contributed by atoms with Crippen LogP contribution in [0, 0.1) is 0 Å². The Morgan fingerprint density at radius 1 is 1.33 bits per heavy atom. The number of amides is 1. The Hall–Kier alpha value is -1.57. The lowest BCUT2D eigenvalue weighted by molar-refractivity contribution is 0.545. The van der Waals surface area contributed by atoms with Gasteiger partial charge in [-0.05, 0) is 0 Å². The Kier molecular flexibility index (Phi) is 2.29. The van der Waals surface area contributed by atoms with E-state index >= 15 is 0 Å². The number of carbonyl (C=O) groups excluding carboxylic acids is 1. The number of nitrogens with zero attached hydrogens (tertiary/aromatic N) is 3. The molecule has 0 unspecified atom stereocenters. The minimum Gasteiger partial charge on any atom is -0.262 e. The van der Waals surface area contributed by atoms with Crippen LogP contribution in [0.15, 0.2) is 17.8 Å². The maximum Gasteiger partial charge on any atom is 0.324 e. The van der Waals surface area contributed by atoms with Crippen molar-refractivity contribution in [1.82, 2.24) is 19.7 Å². The van der Waals surface area contributed by atoms with Crippen molar-refractivity contribution in [2.24, 2.45) is 0 Å². The molecule has 1 aromatic heterocycles. The summed E-state index contributed by atoms with van der Waals surface area (Å²) in [5.74, 6) is 0. The van der Waals surface area contributed by atoms with Gasteiger partial charge in [0.1, 0.15) is 12.7 Å². The molecule has 8 heteroatoms. The summed E-state index contributed by atoms with van der Waals surface area (Å²) in [5.41, 5.74) is 0. The van der Waals surface area contributed by atoms with Gasteiger partial charge in [-0.1, -0.05) is 0 Å². The average molecular weight is 187 g/mol. The summed E-state index contributed by atoms with van der Waals surface area (Å²) in [6.45, 7) is 0. The molecular formula is C4H3N4O3S. The number of sulfonamides is 1. The zero-order chi connectivity index (χ0) is 9.03. The van der Waals surface area contributed by atoms with E-state index in [4.69, 9.17) is 0 Å². The molecule has 0 saturated heterocycles. The van der Waals surface area contributed by atoms with E-state index in [1.54, 1.807) is 0 Å². The Morgan fingerprint density at radius 3 is 2.42 bits per heavy atom. The fraction of sp³-hybridized carbons (Fsp3) is 0. The minimum atomic E-state index is -3.95. The van der Waals surface area contributed by atoms with Crippen molar-refractivity contribution >= 4 is 16.4 Å². The van der Waals surface area contributed by atoms with Crippen LogP contribution in [0.4, 0.5) is 0 Å². The molecular weight excluding hydrogens is 184 g/mol. The fourth-order valence-corrected chi connectivity index (χ4v) is 1.04. The molecule has 1 aromatic rings. The molecule has 0 fully saturated rings. The summed E-state index contributed by atoms with van der Waals surface area (Å²) in [5, 5.41) is -0.513. The van der Waals surface area contributed by atoms with Gasteiger partial charge < -0.3 is 0 Å².